The zero-order valence-electron chi connectivity index (χ0n) is 22.7. The monoisotopic (exact) mass is 523 g/mol. The third-order valence-electron chi connectivity index (χ3n) is 6.46. The van der Waals surface area contributed by atoms with Crippen molar-refractivity contribution in [2.75, 3.05) is 55.7 Å². The van der Waals surface area contributed by atoms with Crippen LogP contribution in [-0.2, 0) is 4.79 Å². The van der Waals surface area contributed by atoms with Gasteiger partial charge in [0.2, 0.25) is 11.9 Å². The molecule has 1 saturated heterocycles. The Morgan fingerprint density at radius 1 is 1.00 bits per heavy atom. The molecule has 3 aromatic rings. The van der Waals surface area contributed by atoms with E-state index >= 15 is 0 Å². The van der Waals surface area contributed by atoms with Crippen LogP contribution < -0.4 is 16.0 Å². The molecule has 0 radical (unpaired) electrons. The maximum absolute atomic E-state index is 11.8. The predicted molar refractivity (Wildman–Crippen MR) is 161 cm³/mol. The van der Waals surface area contributed by atoms with Gasteiger partial charge in [-0.1, -0.05) is 56.0 Å². The third kappa shape index (κ3) is 8.28. The van der Waals surface area contributed by atoms with E-state index in [2.05, 4.69) is 69.5 Å². The molecule has 0 saturated carbocycles. The Morgan fingerprint density at radius 3 is 2.51 bits per heavy atom. The Labute approximate surface area is 231 Å². The van der Waals surface area contributed by atoms with Gasteiger partial charge in [0.1, 0.15) is 5.82 Å². The summed E-state index contributed by atoms with van der Waals surface area (Å²) >= 11 is 0. The van der Waals surface area contributed by atoms with Gasteiger partial charge < -0.3 is 25.8 Å². The van der Waals surface area contributed by atoms with E-state index < -0.39 is 0 Å². The lowest BCUT2D eigenvalue weighted by Gasteiger charge is -2.35. The van der Waals surface area contributed by atoms with Crippen molar-refractivity contribution in [3.8, 4) is 11.3 Å². The van der Waals surface area contributed by atoms with Crippen LogP contribution in [0.1, 0.15) is 13.3 Å². The number of anilines is 4. The molecule has 0 aliphatic carbocycles. The number of allylic oxidation sites excluding steroid dienone is 3. The minimum atomic E-state index is -0.261. The lowest BCUT2D eigenvalue weighted by molar-refractivity contribution is -0.111. The lowest BCUT2D eigenvalue weighted by atomic mass is 10.1. The molecule has 1 aliphatic rings. The maximum Gasteiger partial charge on any atom is 0.247 e. The van der Waals surface area contributed by atoms with E-state index in [4.69, 9.17) is 4.98 Å². The maximum atomic E-state index is 11.8. The van der Waals surface area contributed by atoms with Crippen molar-refractivity contribution in [1.82, 2.24) is 19.8 Å². The fourth-order valence-corrected chi connectivity index (χ4v) is 4.30. The third-order valence-corrected chi connectivity index (χ3v) is 6.46. The van der Waals surface area contributed by atoms with Crippen LogP contribution in [0.2, 0.25) is 0 Å². The van der Waals surface area contributed by atoms with E-state index in [1.54, 1.807) is 0 Å². The van der Waals surface area contributed by atoms with Gasteiger partial charge in [-0.05, 0) is 49.9 Å². The summed E-state index contributed by atoms with van der Waals surface area (Å²) in [7, 11) is 2.17. The van der Waals surface area contributed by atoms with Gasteiger partial charge in [0.15, 0.2) is 0 Å². The van der Waals surface area contributed by atoms with Crippen molar-refractivity contribution in [3.05, 3.63) is 97.2 Å². The number of para-hydroxylation sites is 1. The number of rotatable bonds is 11. The van der Waals surface area contributed by atoms with Crippen LogP contribution in [0, 0.1) is 0 Å². The quantitative estimate of drug-likeness (QED) is 0.225. The number of hydrogen-bond acceptors (Lipinski definition) is 7. The van der Waals surface area contributed by atoms with Gasteiger partial charge in [-0.15, -0.1) is 0 Å². The molecule has 1 aromatic heterocycles. The molecule has 2 heterocycles. The van der Waals surface area contributed by atoms with Crippen molar-refractivity contribution in [2.24, 2.45) is 0 Å². The molecule has 8 heteroatoms. The Balaban J connectivity index is 1.50. The minimum Gasteiger partial charge on any atom is -0.372 e. The summed E-state index contributed by atoms with van der Waals surface area (Å²) in [6.45, 7) is 10.6. The summed E-state index contributed by atoms with van der Waals surface area (Å²) in [5, 5.41) is 9.50. The van der Waals surface area contributed by atoms with Crippen molar-refractivity contribution in [1.29, 1.82) is 0 Å². The first-order valence-electron chi connectivity index (χ1n) is 13.3. The first kappa shape index (κ1) is 27.6. The van der Waals surface area contributed by atoms with Gasteiger partial charge in [-0.2, -0.15) is 4.98 Å². The average Bonchev–Trinajstić information content (AvgIpc) is 2.96. The van der Waals surface area contributed by atoms with Gasteiger partial charge in [0.25, 0.3) is 0 Å². The van der Waals surface area contributed by atoms with Crippen molar-refractivity contribution in [3.63, 3.8) is 0 Å². The fraction of sp³-hybridized carbons (Fsp3) is 0.258. The summed E-state index contributed by atoms with van der Waals surface area (Å²) in [6, 6.07) is 19.3. The topological polar surface area (TPSA) is 85.4 Å². The normalized spacial score (nSPS) is 14.3. The predicted octanol–water partition coefficient (Wildman–Crippen LogP) is 5.52. The smallest absolute Gasteiger partial charge is 0.247 e. The number of nitrogens with zero attached hydrogens (tertiary/aromatic N) is 4. The van der Waals surface area contributed by atoms with Crippen LogP contribution in [0.15, 0.2) is 97.2 Å². The number of carbonyl (C=O) groups excluding carboxylic acids is 1. The zero-order chi connectivity index (χ0) is 27.5. The summed E-state index contributed by atoms with van der Waals surface area (Å²) in [5.74, 6) is 0.916. The minimum absolute atomic E-state index is 0.261. The first-order chi connectivity index (χ1) is 19.0. The fourth-order valence-electron chi connectivity index (χ4n) is 4.30. The zero-order valence-corrected chi connectivity index (χ0v) is 22.7. The molecule has 202 valence electrons. The second-order valence-corrected chi connectivity index (χ2v) is 9.34. The summed E-state index contributed by atoms with van der Waals surface area (Å²) in [5.41, 5.74) is 4.55. The molecule has 0 spiro atoms. The molecule has 3 N–H and O–H groups in total. The highest BCUT2D eigenvalue weighted by atomic mass is 16.1. The summed E-state index contributed by atoms with van der Waals surface area (Å²) in [4.78, 5) is 26.1. The number of likely N-dealkylation sites (N-methyl/N-ethyl adjacent to an activating group) is 1. The van der Waals surface area contributed by atoms with Gasteiger partial charge in [0, 0.05) is 61.4 Å². The van der Waals surface area contributed by atoms with E-state index in [0.29, 0.717) is 24.0 Å². The standard InChI is InChI=1S/C31H37N7O/c1-4-27(38-20-18-37(3)19-21-38)16-9-10-17-32-31-35-28(23-29(36-31)33-25-13-7-6-8-14-25)24-12-11-15-26(22-24)34-30(39)5-2/h5-16,22-23H,2,4,17-21H2,1,3H3,(H,34,39)(H2,32,33,35,36)/b10-9-,27-16+. The van der Waals surface area contributed by atoms with E-state index in [1.807, 2.05) is 60.7 Å². The van der Waals surface area contributed by atoms with Crippen LogP contribution in [0.3, 0.4) is 0 Å². The number of carbonyl (C=O) groups is 1. The second kappa shape index (κ2) is 13.9. The van der Waals surface area contributed by atoms with Crippen molar-refractivity contribution < 1.29 is 4.79 Å². The van der Waals surface area contributed by atoms with E-state index in [9.17, 15) is 4.79 Å². The molecule has 1 amide bonds. The first-order valence-corrected chi connectivity index (χ1v) is 13.3. The molecule has 2 aromatic carbocycles. The largest absolute Gasteiger partial charge is 0.372 e. The van der Waals surface area contributed by atoms with Crippen LogP contribution in [-0.4, -0.2) is 65.4 Å². The average molecular weight is 524 g/mol. The molecule has 8 nitrogen and oxygen atoms in total. The van der Waals surface area contributed by atoms with Crippen LogP contribution in [0.4, 0.5) is 23.1 Å². The molecule has 0 atom stereocenters. The van der Waals surface area contributed by atoms with Gasteiger partial charge >= 0.3 is 0 Å². The number of nitrogens with one attached hydrogen (secondary N) is 3. The lowest BCUT2D eigenvalue weighted by Crippen LogP contribution is -2.43. The van der Waals surface area contributed by atoms with E-state index in [0.717, 1.165) is 49.5 Å². The summed E-state index contributed by atoms with van der Waals surface area (Å²) < 4.78 is 0. The van der Waals surface area contributed by atoms with Gasteiger partial charge in [-0.25, -0.2) is 4.98 Å². The molecule has 1 fully saturated rings. The Hall–Kier alpha value is -4.43. The van der Waals surface area contributed by atoms with Crippen LogP contribution in [0.5, 0.6) is 0 Å². The van der Waals surface area contributed by atoms with Crippen LogP contribution in [0.25, 0.3) is 11.3 Å². The Morgan fingerprint density at radius 2 is 1.77 bits per heavy atom. The number of piperazine rings is 1. The highest BCUT2D eigenvalue weighted by Crippen LogP contribution is 2.26. The number of hydrogen-bond donors (Lipinski definition) is 3. The Kier molecular flexibility index (Phi) is 9.85. The van der Waals surface area contributed by atoms with Crippen molar-refractivity contribution in [2.45, 2.75) is 13.3 Å². The molecule has 0 bridgehead atoms. The van der Waals surface area contributed by atoms with Crippen LogP contribution >= 0.6 is 0 Å². The number of aromatic nitrogens is 2. The Bertz CT molecular complexity index is 1310. The second-order valence-electron chi connectivity index (χ2n) is 9.34. The number of benzene rings is 2. The van der Waals surface area contributed by atoms with Gasteiger partial charge in [-0.3, -0.25) is 4.79 Å². The summed E-state index contributed by atoms with van der Waals surface area (Å²) in [6.07, 6.45) is 8.64. The van der Waals surface area contributed by atoms with Crippen molar-refractivity contribution >= 4 is 29.0 Å². The number of amides is 1. The highest BCUT2D eigenvalue weighted by Gasteiger charge is 2.14. The molecule has 4 rings (SSSR count). The molecular formula is C31H37N7O. The van der Waals surface area contributed by atoms with Gasteiger partial charge in [0.05, 0.1) is 5.69 Å². The SMILES string of the molecule is C=CC(=O)Nc1cccc(-c2cc(Nc3ccccc3)nc(NC/C=C\C=C(/CC)N3CCN(C)CC3)n2)c1. The highest BCUT2D eigenvalue weighted by molar-refractivity contribution is 5.99. The molecular weight excluding hydrogens is 486 g/mol. The molecule has 39 heavy (non-hydrogen) atoms. The molecule has 0 unspecified atom stereocenters. The van der Waals surface area contributed by atoms with E-state index in [1.165, 1.54) is 11.8 Å². The van der Waals surface area contributed by atoms with E-state index in [-0.39, 0.29) is 5.91 Å². The molecule has 1 aliphatic heterocycles.